The van der Waals surface area contributed by atoms with Crippen molar-refractivity contribution in [3.8, 4) is 0 Å². The first-order chi connectivity index (χ1) is 8.75. The van der Waals surface area contributed by atoms with Gasteiger partial charge in [-0.2, -0.15) is 0 Å². The Hall–Kier alpha value is -0.410. The topological polar surface area (TPSA) is 52.3 Å². The summed E-state index contributed by atoms with van der Waals surface area (Å²) in [6.07, 6.45) is 9.76. The summed E-state index contributed by atoms with van der Waals surface area (Å²) < 4.78 is 5.36. The van der Waals surface area contributed by atoms with Crippen LogP contribution in [0.5, 0.6) is 0 Å². The Bertz CT molecular complexity index is 261. The summed E-state index contributed by atoms with van der Waals surface area (Å²) in [6.45, 7) is 1.87. The van der Waals surface area contributed by atoms with E-state index in [2.05, 4.69) is 0 Å². The number of rotatable bonds is 6. The second-order valence-electron chi connectivity index (χ2n) is 6.04. The molecule has 2 fully saturated rings. The van der Waals surface area contributed by atoms with Crippen LogP contribution in [0.4, 0.5) is 0 Å². The van der Waals surface area contributed by atoms with E-state index in [4.69, 9.17) is 10.5 Å². The second-order valence-corrected chi connectivity index (χ2v) is 6.04. The lowest BCUT2D eigenvalue weighted by Crippen LogP contribution is -2.18. The minimum atomic E-state index is 0.279. The van der Waals surface area contributed by atoms with Gasteiger partial charge in [-0.05, 0) is 44.4 Å². The van der Waals surface area contributed by atoms with Crippen molar-refractivity contribution in [2.24, 2.45) is 17.6 Å². The number of ether oxygens (including phenoxy) is 1. The van der Waals surface area contributed by atoms with Crippen molar-refractivity contribution in [2.75, 3.05) is 13.2 Å². The molecule has 0 aromatic carbocycles. The highest BCUT2D eigenvalue weighted by Crippen LogP contribution is 2.27. The van der Waals surface area contributed by atoms with Gasteiger partial charge in [0.15, 0.2) is 0 Å². The molecule has 1 saturated heterocycles. The van der Waals surface area contributed by atoms with Crippen LogP contribution in [0.15, 0.2) is 0 Å². The molecule has 104 valence electrons. The van der Waals surface area contributed by atoms with E-state index in [1.165, 1.54) is 25.7 Å². The number of hydrogen-bond donors (Lipinski definition) is 1. The summed E-state index contributed by atoms with van der Waals surface area (Å²) in [4.78, 5) is 12.0. The fourth-order valence-electron chi connectivity index (χ4n) is 3.28. The van der Waals surface area contributed by atoms with Crippen molar-refractivity contribution in [1.29, 1.82) is 0 Å². The van der Waals surface area contributed by atoms with Crippen molar-refractivity contribution >= 4 is 5.78 Å². The van der Waals surface area contributed by atoms with Gasteiger partial charge in [-0.25, -0.2) is 0 Å². The molecule has 0 aromatic rings. The van der Waals surface area contributed by atoms with Crippen molar-refractivity contribution < 1.29 is 9.53 Å². The van der Waals surface area contributed by atoms with Crippen molar-refractivity contribution in [2.45, 2.75) is 63.8 Å². The maximum atomic E-state index is 12.0. The second kappa shape index (κ2) is 7.25. The summed E-state index contributed by atoms with van der Waals surface area (Å²) in [7, 11) is 0. The first-order valence-electron chi connectivity index (χ1n) is 7.61. The predicted molar refractivity (Wildman–Crippen MR) is 72.3 cm³/mol. The summed E-state index contributed by atoms with van der Waals surface area (Å²) in [6, 6.07) is 0.279. The Morgan fingerprint density at radius 3 is 2.56 bits per heavy atom. The maximum absolute atomic E-state index is 12.0. The number of Topliss-reactive ketones (excluding diaryl/α,β-unsaturated/α-hetero) is 1. The van der Waals surface area contributed by atoms with Crippen LogP contribution in [-0.4, -0.2) is 25.0 Å². The first-order valence-corrected chi connectivity index (χ1v) is 7.61. The Balaban J connectivity index is 1.53. The van der Waals surface area contributed by atoms with Gasteiger partial charge in [-0.15, -0.1) is 0 Å². The lowest BCUT2D eigenvalue weighted by molar-refractivity contribution is -0.122. The first kappa shape index (κ1) is 14.0. The van der Waals surface area contributed by atoms with Gasteiger partial charge in [0, 0.05) is 31.6 Å². The third kappa shape index (κ3) is 4.36. The number of unbranched alkanes of at least 4 members (excludes halogenated alkanes) is 1. The number of carbonyl (C=O) groups excluding carboxylic acids is 1. The molecule has 1 aliphatic heterocycles. The summed E-state index contributed by atoms with van der Waals surface area (Å²) in [5.41, 5.74) is 5.85. The van der Waals surface area contributed by atoms with Crippen molar-refractivity contribution in [1.82, 2.24) is 0 Å². The Morgan fingerprint density at radius 2 is 1.89 bits per heavy atom. The largest absolute Gasteiger partial charge is 0.381 e. The monoisotopic (exact) mass is 253 g/mol. The van der Waals surface area contributed by atoms with E-state index in [1.54, 1.807) is 0 Å². The van der Waals surface area contributed by atoms with Gasteiger partial charge in [0.2, 0.25) is 0 Å². The van der Waals surface area contributed by atoms with Crippen LogP contribution >= 0.6 is 0 Å². The zero-order valence-corrected chi connectivity index (χ0v) is 11.4. The molecular formula is C15H27NO2. The number of nitrogens with two attached hydrogens (primary N) is 1. The third-order valence-corrected chi connectivity index (χ3v) is 4.55. The molecule has 0 bridgehead atoms. The fourth-order valence-corrected chi connectivity index (χ4v) is 3.28. The average Bonchev–Trinajstić information content (AvgIpc) is 2.82. The molecule has 2 N–H and O–H groups in total. The lowest BCUT2D eigenvalue weighted by Gasteiger charge is -2.21. The quantitative estimate of drug-likeness (QED) is 0.740. The maximum Gasteiger partial charge on any atom is 0.136 e. The number of carbonyl (C=O) groups is 1. The van der Waals surface area contributed by atoms with E-state index in [0.29, 0.717) is 5.78 Å². The van der Waals surface area contributed by atoms with E-state index < -0.39 is 0 Å². The van der Waals surface area contributed by atoms with Crippen LogP contribution in [0.1, 0.15) is 57.8 Å². The molecule has 2 aliphatic rings. The Kier molecular flexibility index (Phi) is 5.64. The Morgan fingerprint density at radius 1 is 1.11 bits per heavy atom. The SMILES string of the molecule is NC1CCC(C(=O)CCCCC2CCOCC2)C1. The summed E-state index contributed by atoms with van der Waals surface area (Å²) in [5, 5.41) is 0. The lowest BCUT2D eigenvalue weighted by atomic mass is 9.92. The van der Waals surface area contributed by atoms with Gasteiger partial charge in [0.05, 0.1) is 0 Å². The minimum absolute atomic E-state index is 0.279. The standard InChI is InChI=1S/C15H27NO2/c16-14-6-5-13(11-14)15(17)4-2-1-3-12-7-9-18-10-8-12/h12-14H,1-11,16H2. The predicted octanol–water partition coefficient (Wildman–Crippen LogP) is 2.67. The van der Waals surface area contributed by atoms with Crippen LogP contribution in [0.2, 0.25) is 0 Å². The fraction of sp³-hybridized carbons (Fsp3) is 0.933. The highest BCUT2D eigenvalue weighted by molar-refractivity contribution is 5.81. The smallest absolute Gasteiger partial charge is 0.136 e. The zero-order valence-electron chi connectivity index (χ0n) is 11.4. The highest BCUT2D eigenvalue weighted by Gasteiger charge is 2.26. The van der Waals surface area contributed by atoms with Gasteiger partial charge in [-0.3, -0.25) is 4.79 Å². The van der Waals surface area contributed by atoms with E-state index in [1.807, 2.05) is 0 Å². The van der Waals surface area contributed by atoms with E-state index in [-0.39, 0.29) is 12.0 Å². The number of ketones is 1. The molecule has 2 rings (SSSR count). The van der Waals surface area contributed by atoms with Gasteiger partial charge in [0.1, 0.15) is 5.78 Å². The van der Waals surface area contributed by atoms with Crippen LogP contribution < -0.4 is 5.73 Å². The molecule has 0 spiro atoms. The van der Waals surface area contributed by atoms with Crippen molar-refractivity contribution in [3.63, 3.8) is 0 Å². The molecule has 2 atom stereocenters. The van der Waals surface area contributed by atoms with E-state index in [0.717, 1.165) is 51.2 Å². The Labute approximate surface area is 110 Å². The normalized spacial score (nSPS) is 29.6. The van der Waals surface area contributed by atoms with Gasteiger partial charge in [0.25, 0.3) is 0 Å². The summed E-state index contributed by atoms with van der Waals surface area (Å²) in [5.74, 6) is 1.59. The van der Waals surface area contributed by atoms with Gasteiger partial charge in [-0.1, -0.05) is 12.8 Å². The van der Waals surface area contributed by atoms with Crippen LogP contribution in [0.25, 0.3) is 0 Å². The van der Waals surface area contributed by atoms with Gasteiger partial charge >= 0.3 is 0 Å². The molecule has 0 radical (unpaired) electrons. The third-order valence-electron chi connectivity index (χ3n) is 4.55. The van der Waals surface area contributed by atoms with Gasteiger partial charge < -0.3 is 10.5 Å². The molecule has 1 aliphatic carbocycles. The van der Waals surface area contributed by atoms with E-state index >= 15 is 0 Å². The molecule has 0 aromatic heterocycles. The van der Waals surface area contributed by atoms with Crippen LogP contribution in [0, 0.1) is 11.8 Å². The highest BCUT2D eigenvalue weighted by atomic mass is 16.5. The van der Waals surface area contributed by atoms with E-state index in [9.17, 15) is 4.79 Å². The molecule has 0 amide bonds. The average molecular weight is 253 g/mol. The number of hydrogen-bond acceptors (Lipinski definition) is 3. The zero-order chi connectivity index (χ0) is 12.8. The van der Waals surface area contributed by atoms with Crippen molar-refractivity contribution in [3.05, 3.63) is 0 Å². The van der Waals surface area contributed by atoms with Crippen LogP contribution in [-0.2, 0) is 9.53 Å². The minimum Gasteiger partial charge on any atom is -0.381 e. The van der Waals surface area contributed by atoms with Crippen LogP contribution in [0.3, 0.4) is 0 Å². The molecular weight excluding hydrogens is 226 g/mol. The molecule has 18 heavy (non-hydrogen) atoms. The molecule has 2 unspecified atom stereocenters. The molecule has 1 heterocycles. The molecule has 1 saturated carbocycles. The molecule has 3 nitrogen and oxygen atoms in total. The molecule has 3 heteroatoms. The summed E-state index contributed by atoms with van der Waals surface area (Å²) >= 11 is 0.